The number of amides is 1. The summed E-state index contributed by atoms with van der Waals surface area (Å²) in [5.74, 6) is -0.677. The molecule has 1 amide bonds. The molecule has 134 valence electrons. The van der Waals surface area contributed by atoms with Gasteiger partial charge in [-0.15, -0.1) is 0 Å². The van der Waals surface area contributed by atoms with Crippen molar-refractivity contribution < 1.29 is 14.7 Å². The molecule has 0 unspecified atom stereocenters. The highest BCUT2D eigenvalue weighted by molar-refractivity contribution is 5.92. The van der Waals surface area contributed by atoms with E-state index in [0.717, 1.165) is 12.8 Å². The topological polar surface area (TPSA) is 80.4 Å². The summed E-state index contributed by atoms with van der Waals surface area (Å²) in [6, 6.07) is 0. The molecule has 0 bridgehead atoms. The van der Waals surface area contributed by atoms with Crippen molar-refractivity contribution in [2.45, 2.75) is 68.2 Å². The molecule has 0 aliphatic heterocycles. The molecular weight excluding hydrogens is 290 g/mol. The maximum Gasteiger partial charge on any atom is 0.330 e. The van der Waals surface area contributed by atoms with Gasteiger partial charge >= 0.3 is 5.97 Å². The van der Waals surface area contributed by atoms with Crippen LogP contribution in [-0.2, 0) is 9.59 Å². The van der Waals surface area contributed by atoms with Gasteiger partial charge in [0.15, 0.2) is 0 Å². The number of nitrogens with two attached hydrogens (primary N) is 1. The third-order valence-corrected chi connectivity index (χ3v) is 3.32. The van der Waals surface area contributed by atoms with Crippen LogP contribution in [0.4, 0.5) is 0 Å². The standard InChI is InChI=1S/C11H21NO.C8H14O2/c1-8(9(12)13)11(5,6)7-10(2,3)4;1-6(2)4-5-7(3)8(9)10/h1,7H2,2-6H3,(H2,12,13);5-6H,4H2,1-3H3,(H,9,10). The van der Waals surface area contributed by atoms with Crippen LogP contribution in [-0.4, -0.2) is 17.0 Å². The normalized spacial score (nSPS) is 12.5. The molecule has 0 aliphatic carbocycles. The third kappa shape index (κ3) is 12.6. The predicted molar refractivity (Wildman–Crippen MR) is 97.0 cm³/mol. The number of hydrogen-bond acceptors (Lipinski definition) is 2. The Labute approximate surface area is 141 Å². The first kappa shape index (κ1) is 23.7. The van der Waals surface area contributed by atoms with Gasteiger partial charge in [-0.05, 0) is 36.5 Å². The number of carboxylic acid groups (broad SMARTS) is 1. The number of allylic oxidation sites excluding steroid dienone is 1. The smallest absolute Gasteiger partial charge is 0.330 e. The van der Waals surface area contributed by atoms with Crippen molar-refractivity contribution >= 4 is 11.9 Å². The minimum atomic E-state index is -0.819. The molecule has 0 fully saturated rings. The number of aliphatic carboxylic acids is 1. The second-order valence-electron chi connectivity index (χ2n) is 8.29. The van der Waals surface area contributed by atoms with Crippen LogP contribution in [0.25, 0.3) is 0 Å². The van der Waals surface area contributed by atoms with Crippen LogP contribution < -0.4 is 5.73 Å². The number of hydrogen-bond donors (Lipinski definition) is 2. The average molecular weight is 325 g/mol. The van der Waals surface area contributed by atoms with E-state index in [9.17, 15) is 9.59 Å². The number of rotatable bonds is 6. The zero-order valence-electron chi connectivity index (χ0n) is 16.1. The summed E-state index contributed by atoms with van der Waals surface area (Å²) in [6.07, 6.45) is 3.51. The van der Waals surface area contributed by atoms with E-state index >= 15 is 0 Å². The summed E-state index contributed by atoms with van der Waals surface area (Å²) in [6.45, 7) is 19.9. The van der Waals surface area contributed by atoms with Crippen LogP contribution >= 0.6 is 0 Å². The fraction of sp³-hybridized carbons (Fsp3) is 0.684. The minimum Gasteiger partial charge on any atom is -0.478 e. The lowest BCUT2D eigenvalue weighted by Gasteiger charge is -2.32. The third-order valence-electron chi connectivity index (χ3n) is 3.32. The minimum absolute atomic E-state index is 0.182. The van der Waals surface area contributed by atoms with E-state index in [1.807, 2.05) is 13.8 Å². The molecule has 0 saturated heterocycles. The number of primary amides is 1. The first-order valence-electron chi connectivity index (χ1n) is 7.99. The molecule has 0 radical (unpaired) electrons. The van der Waals surface area contributed by atoms with Gasteiger partial charge in [-0.25, -0.2) is 4.79 Å². The Bertz CT molecular complexity index is 452. The summed E-state index contributed by atoms with van der Waals surface area (Å²) in [5.41, 5.74) is 6.14. The molecular formula is C19H35NO3. The molecule has 0 rings (SSSR count). The number of carbonyl (C=O) groups is 2. The summed E-state index contributed by atoms with van der Waals surface area (Å²) in [4.78, 5) is 21.2. The lowest BCUT2D eigenvalue weighted by Crippen LogP contribution is -2.29. The van der Waals surface area contributed by atoms with Crippen LogP contribution in [0.3, 0.4) is 0 Å². The summed E-state index contributed by atoms with van der Waals surface area (Å²) in [5, 5.41) is 8.43. The molecule has 0 aromatic carbocycles. The van der Waals surface area contributed by atoms with Crippen LogP contribution in [0.5, 0.6) is 0 Å². The van der Waals surface area contributed by atoms with E-state index in [-0.39, 0.29) is 10.8 Å². The Morgan fingerprint density at radius 1 is 1.17 bits per heavy atom. The average Bonchev–Trinajstić information content (AvgIpc) is 2.32. The van der Waals surface area contributed by atoms with Gasteiger partial charge in [-0.2, -0.15) is 0 Å². The van der Waals surface area contributed by atoms with E-state index in [4.69, 9.17) is 10.8 Å². The Morgan fingerprint density at radius 3 is 1.87 bits per heavy atom. The lowest BCUT2D eigenvalue weighted by atomic mass is 9.72. The first-order chi connectivity index (χ1) is 10.1. The van der Waals surface area contributed by atoms with E-state index < -0.39 is 11.9 Å². The molecule has 0 atom stereocenters. The van der Waals surface area contributed by atoms with Gasteiger partial charge in [-0.1, -0.05) is 61.1 Å². The Balaban J connectivity index is 0. The Kier molecular flexibility index (Phi) is 9.82. The van der Waals surface area contributed by atoms with Crippen LogP contribution in [0, 0.1) is 16.7 Å². The van der Waals surface area contributed by atoms with E-state index in [1.165, 1.54) is 0 Å². The van der Waals surface area contributed by atoms with Gasteiger partial charge in [0.05, 0.1) is 0 Å². The van der Waals surface area contributed by atoms with Crippen molar-refractivity contribution in [2.24, 2.45) is 22.5 Å². The van der Waals surface area contributed by atoms with Crippen LogP contribution in [0.1, 0.15) is 68.2 Å². The molecule has 0 aromatic heterocycles. The summed E-state index contributed by atoms with van der Waals surface area (Å²) in [7, 11) is 0. The van der Waals surface area contributed by atoms with Crippen molar-refractivity contribution in [3.8, 4) is 0 Å². The van der Waals surface area contributed by atoms with Crippen molar-refractivity contribution in [2.75, 3.05) is 0 Å². The first-order valence-corrected chi connectivity index (χ1v) is 7.99. The highest BCUT2D eigenvalue weighted by atomic mass is 16.4. The summed E-state index contributed by atoms with van der Waals surface area (Å²) < 4.78 is 0. The quantitative estimate of drug-likeness (QED) is 0.703. The van der Waals surface area contributed by atoms with E-state index in [0.29, 0.717) is 17.1 Å². The molecule has 4 heteroatoms. The molecule has 0 heterocycles. The van der Waals surface area contributed by atoms with Crippen LogP contribution in [0.2, 0.25) is 0 Å². The van der Waals surface area contributed by atoms with Gasteiger partial charge < -0.3 is 10.8 Å². The van der Waals surface area contributed by atoms with Crippen molar-refractivity contribution in [3.05, 3.63) is 23.8 Å². The van der Waals surface area contributed by atoms with Crippen molar-refractivity contribution in [1.29, 1.82) is 0 Å². The molecule has 4 nitrogen and oxygen atoms in total. The Morgan fingerprint density at radius 2 is 1.61 bits per heavy atom. The van der Waals surface area contributed by atoms with Crippen molar-refractivity contribution in [3.63, 3.8) is 0 Å². The maximum absolute atomic E-state index is 11.0. The largest absolute Gasteiger partial charge is 0.478 e. The fourth-order valence-corrected chi connectivity index (χ4v) is 2.27. The highest BCUT2D eigenvalue weighted by Crippen LogP contribution is 2.37. The zero-order chi connectivity index (χ0) is 19.0. The Hall–Kier alpha value is -1.58. The molecule has 0 spiro atoms. The number of carbonyl (C=O) groups excluding carboxylic acids is 1. The highest BCUT2D eigenvalue weighted by Gasteiger charge is 2.30. The number of carboxylic acids is 1. The monoisotopic (exact) mass is 325 g/mol. The van der Waals surface area contributed by atoms with Gasteiger partial charge in [-0.3, -0.25) is 4.79 Å². The maximum atomic E-state index is 11.0. The SMILES string of the molecule is C=C(C(N)=O)C(C)(C)CC(C)(C)C.CC(=CCC(C)C)C(=O)O. The van der Waals surface area contributed by atoms with Crippen molar-refractivity contribution in [1.82, 2.24) is 0 Å². The zero-order valence-corrected chi connectivity index (χ0v) is 16.1. The van der Waals surface area contributed by atoms with E-state index in [2.05, 4.69) is 41.2 Å². The second kappa shape index (κ2) is 9.53. The van der Waals surface area contributed by atoms with Crippen LogP contribution in [0.15, 0.2) is 23.8 Å². The van der Waals surface area contributed by atoms with Gasteiger partial charge in [0, 0.05) is 11.1 Å². The summed E-state index contributed by atoms with van der Waals surface area (Å²) >= 11 is 0. The lowest BCUT2D eigenvalue weighted by molar-refractivity contribution is -0.132. The molecule has 0 aromatic rings. The van der Waals surface area contributed by atoms with Gasteiger partial charge in [0.25, 0.3) is 0 Å². The molecule has 0 saturated carbocycles. The van der Waals surface area contributed by atoms with Gasteiger partial charge in [0.1, 0.15) is 0 Å². The molecule has 3 N–H and O–H groups in total. The van der Waals surface area contributed by atoms with E-state index in [1.54, 1.807) is 13.0 Å². The predicted octanol–water partition coefficient (Wildman–Crippen LogP) is 4.55. The fourth-order valence-electron chi connectivity index (χ4n) is 2.27. The molecule has 23 heavy (non-hydrogen) atoms. The van der Waals surface area contributed by atoms with Gasteiger partial charge in [0.2, 0.25) is 5.91 Å². The second-order valence-corrected chi connectivity index (χ2v) is 8.29. The molecule has 0 aliphatic rings.